The van der Waals surface area contributed by atoms with Crippen LogP contribution < -0.4 is 4.18 Å². The molecule has 0 amide bonds. The van der Waals surface area contributed by atoms with Crippen LogP contribution in [-0.2, 0) is 26.7 Å². The molecule has 1 aromatic heterocycles. The van der Waals surface area contributed by atoms with Crippen molar-refractivity contribution in [2.24, 2.45) is 0 Å². The number of hydrogen-bond acceptors (Lipinski definition) is 6. The fraction of sp³-hybridized carbons (Fsp3) is 0.150. The Balaban J connectivity index is 1.97. The van der Waals surface area contributed by atoms with Crippen molar-refractivity contribution in [1.82, 2.24) is 9.29 Å². The van der Waals surface area contributed by atoms with E-state index in [1.807, 2.05) is 0 Å². The van der Waals surface area contributed by atoms with Crippen LogP contribution in [0, 0.1) is 6.92 Å². The number of hydrogen-bond donors (Lipinski definition) is 0. The SMILES string of the molecule is Cc1cccc(OS(=O)(=O)c2ccccc2S(=O)(=O)N(C)Cc2cccnc2)c1. The van der Waals surface area contributed by atoms with E-state index in [1.165, 1.54) is 37.4 Å². The lowest BCUT2D eigenvalue weighted by molar-refractivity contribution is 0.459. The zero-order valence-electron chi connectivity index (χ0n) is 15.9. The molecule has 0 aliphatic heterocycles. The van der Waals surface area contributed by atoms with E-state index < -0.39 is 25.0 Å². The van der Waals surface area contributed by atoms with E-state index in [9.17, 15) is 16.8 Å². The summed E-state index contributed by atoms with van der Waals surface area (Å²) in [5, 5.41) is 0. The Morgan fingerprint density at radius 3 is 2.31 bits per heavy atom. The number of sulfonamides is 1. The third-order valence-electron chi connectivity index (χ3n) is 4.13. The van der Waals surface area contributed by atoms with Gasteiger partial charge in [-0.1, -0.05) is 30.3 Å². The summed E-state index contributed by atoms with van der Waals surface area (Å²) >= 11 is 0. The van der Waals surface area contributed by atoms with Gasteiger partial charge in [0.25, 0.3) is 0 Å². The number of benzene rings is 2. The molecule has 29 heavy (non-hydrogen) atoms. The van der Waals surface area contributed by atoms with Gasteiger partial charge in [-0.05, 0) is 48.4 Å². The Kier molecular flexibility index (Phi) is 6.02. The third-order valence-corrected chi connectivity index (χ3v) is 7.43. The van der Waals surface area contributed by atoms with Gasteiger partial charge in [-0.3, -0.25) is 4.98 Å². The molecule has 0 fully saturated rings. The molecule has 0 aliphatic carbocycles. The van der Waals surface area contributed by atoms with Gasteiger partial charge in [-0.15, -0.1) is 0 Å². The highest BCUT2D eigenvalue weighted by Crippen LogP contribution is 2.27. The van der Waals surface area contributed by atoms with E-state index in [1.54, 1.807) is 49.6 Å². The van der Waals surface area contributed by atoms with Crippen LogP contribution in [-0.4, -0.2) is 33.2 Å². The van der Waals surface area contributed by atoms with E-state index in [-0.39, 0.29) is 17.2 Å². The van der Waals surface area contributed by atoms with Gasteiger partial charge in [0, 0.05) is 26.0 Å². The third kappa shape index (κ3) is 4.81. The molecule has 2 aromatic carbocycles. The van der Waals surface area contributed by atoms with Gasteiger partial charge in [0.05, 0.1) is 0 Å². The second kappa shape index (κ2) is 8.32. The van der Waals surface area contributed by atoms with Gasteiger partial charge in [-0.2, -0.15) is 12.7 Å². The molecule has 0 N–H and O–H groups in total. The molecule has 0 atom stereocenters. The Labute approximate surface area is 170 Å². The fourth-order valence-electron chi connectivity index (χ4n) is 2.71. The first-order valence-corrected chi connectivity index (χ1v) is 11.5. The molecule has 0 aliphatic rings. The highest BCUT2D eigenvalue weighted by molar-refractivity contribution is 7.91. The molecule has 0 saturated heterocycles. The number of rotatable bonds is 7. The summed E-state index contributed by atoms with van der Waals surface area (Å²) in [6.07, 6.45) is 3.14. The topological polar surface area (TPSA) is 93.6 Å². The molecular weight excluding hydrogens is 412 g/mol. The Hall–Kier alpha value is -2.75. The summed E-state index contributed by atoms with van der Waals surface area (Å²) in [7, 11) is -7.09. The standard InChI is InChI=1S/C20H20N2O5S2/c1-16-7-5-9-18(13-16)27-29(25,26)20-11-4-3-10-19(20)28(23,24)22(2)15-17-8-6-12-21-14-17/h3-14H,15H2,1-2H3. The predicted octanol–water partition coefficient (Wildman–Crippen LogP) is 2.98. The highest BCUT2D eigenvalue weighted by atomic mass is 32.2. The van der Waals surface area contributed by atoms with Gasteiger partial charge in [0.15, 0.2) is 0 Å². The van der Waals surface area contributed by atoms with Crippen molar-refractivity contribution in [3.8, 4) is 5.75 Å². The zero-order chi connectivity index (χ0) is 21.1. The molecule has 0 bridgehead atoms. The molecule has 1 heterocycles. The minimum atomic E-state index is -4.37. The van der Waals surface area contributed by atoms with Crippen molar-refractivity contribution < 1.29 is 21.0 Å². The molecule has 152 valence electrons. The average Bonchev–Trinajstić information content (AvgIpc) is 2.68. The van der Waals surface area contributed by atoms with Crippen LogP contribution in [0.2, 0.25) is 0 Å². The Morgan fingerprint density at radius 1 is 0.931 bits per heavy atom. The molecular formula is C20H20N2O5S2. The smallest absolute Gasteiger partial charge is 0.340 e. The summed E-state index contributed by atoms with van der Waals surface area (Å²) in [6.45, 7) is 1.84. The van der Waals surface area contributed by atoms with Crippen LogP contribution in [0.3, 0.4) is 0 Å². The Morgan fingerprint density at radius 2 is 1.66 bits per heavy atom. The van der Waals surface area contributed by atoms with Crippen molar-refractivity contribution in [3.63, 3.8) is 0 Å². The first-order valence-electron chi connectivity index (χ1n) is 8.65. The normalized spacial score (nSPS) is 12.1. The van der Waals surface area contributed by atoms with Gasteiger partial charge in [0.2, 0.25) is 10.0 Å². The quantitative estimate of drug-likeness (QED) is 0.533. The van der Waals surface area contributed by atoms with Crippen molar-refractivity contribution in [2.45, 2.75) is 23.3 Å². The molecule has 0 radical (unpaired) electrons. The van der Waals surface area contributed by atoms with Crippen LogP contribution in [0.1, 0.15) is 11.1 Å². The van der Waals surface area contributed by atoms with Gasteiger partial charge >= 0.3 is 10.1 Å². The summed E-state index contributed by atoms with van der Waals surface area (Å²) < 4.78 is 58.1. The summed E-state index contributed by atoms with van der Waals surface area (Å²) in [6, 6.07) is 15.3. The molecule has 3 rings (SSSR count). The lowest BCUT2D eigenvalue weighted by Gasteiger charge is -2.19. The number of pyridine rings is 1. The van der Waals surface area contributed by atoms with Crippen molar-refractivity contribution in [3.05, 3.63) is 84.2 Å². The van der Waals surface area contributed by atoms with Crippen LogP contribution >= 0.6 is 0 Å². The summed E-state index contributed by atoms with van der Waals surface area (Å²) in [5.41, 5.74) is 1.49. The van der Waals surface area contributed by atoms with E-state index in [4.69, 9.17) is 4.18 Å². The minimum Gasteiger partial charge on any atom is -0.379 e. The number of nitrogens with zero attached hydrogens (tertiary/aromatic N) is 2. The lowest BCUT2D eigenvalue weighted by Crippen LogP contribution is -2.28. The second-order valence-corrected chi connectivity index (χ2v) is 9.95. The average molecular weight is 433 g/mol. The molecule has 0 spiro atoms. The lowest BCUT2D eigenvalue weighted by atomic mass is 10.2. The van der Waals surface area contributed by atoms with Crippen LogP contribution in [0.15, 0.2) is 82.8 Å². The van der Waals surface area contributed by atoms with Gasteiger partial charge in [0.1, 0.15) is 15.5 Å². The molecule has 3 aromatic rings. The van der Waals surface area contributed by atoms with Crippen molar-refractivity contribution >= 4 is 20.1 Å². The van der Waals surface area contributed by atoms with E-state index in [0.29, 0.717) is 5.56 Å². The van der Waals surface area contributed by atoms with Crippen molar-refractivity contribution in [2.75, 3.05) is 7.05 Å². The van der Waals surface area contributed by atoms with Gasteiger partial charge in [-0.25, -0.2) is 8.42 Å². The highest BCUT2D eigenvalue weighted by Gasteiger charge is 2.30. The summed E-state index contributed by atoms with van der Waals surface area (Å²) in [4.78, 5) is 3.20. The Bertz CT molecular complexity index is 1210. The maximum Gasteiger partial charge on any atom is 0.340 e. The number of aromatic nitrogens is 1. The predicted molar refractivity (Wildman–Crippen MR) is 108 cm³/mol. The largest absolute Gasteiger partial charge is 0.379 e. The molecule has 0 unspecified atom stereocenters. The molecule has 9 heteroatoms. The first kappa shape index (κ1) is 21.0. The monoisotopic (exact) mass is 432 g/mol. The van der Waals surface area contributed by atoms with Crippen molar-refractivity contribution in [1.29, 1.82) is 0 Å². The first-order chi connectivity index (χ1) is 13.7. The summed E-state index contributed by atoms with van der Waals surface area (Å²) in [5.74, 6) is 0.112. The van der Waals surface area contributed by atoms with E-state index in [2.05, 4.69) is 4.98 Å². The van der Waals surface area contributed by atoms with E-state index >= 15 is 0 Å². The van der Waals surface area contributed by atoms with Gasteiger partial charge < -0.3 is 4.18 Å². The van der Waals surface area contributed by atoms with Crippen LogP contribution in [0.25, 0.3) is 0 Å². The zero-order valence-corrected chi connectivity index (χ0v) is 17.5. The van der Waals surface area contributed by atoms with Crippen LogP contribution in [0.5, 0.6) is 5.75 Å². The molecule has 0 saturated carbocycles. The second-order valence-electron chi connectivity index (χ2n) is 6.42. The maximum atomic E-state index is 13.1. The fourth-order valence-corrected chi connectivity index (χ4v) is 5.57. The van der Waals surface area contributed by atoms with Crippen LogP contribution in [0.4, 0.5) is 0 Å². The molecule has 7 nitrogen and oxygen atoms in total. The van der Waals surface area contributed by atoms with E-state index in [0.717, 1.165) is 9.87 Å². The minimum absolute atomic E-state index is 0.0449. The maximum absolute atomic E-state index is 13.1. The number of aryl methyl sites for hydroxylation is 1.